The van der Waals surface area contributed by atoms with Gasteiger partial charge in [-0.1, -0.05) is 64.5 Å². The molecule has 0 amide bonds. The first kappa shape index (κ1) is 18.8. The molecular formula is C19H20BrN3O2S. The normalized spacial score (nSPS) is 13.1. The minimum absolute atomic E-state index is 0.202. The van der Waals surface area contributed by atoms with Gasteiger partial charge in [0.05, 0.1) is 12.2 Å². The Morgan fingerprint density at radius 1 is 1.08 bits per heavy atom. The number of benzene rings is 2. The molecule has 7 heteroatoms. The molecule has 0 fully saturated rings. The lowest BCUT2D eigenvalue weighted by atomic mass is 9.99. The van der Waals surface area contributed by atoms with Crippen LogP contribution in [0.3, 0.4) is 0 Å². The van der Waals surface area contributed by atoms with E-state index in [2.05, 4.69) is 21.0 Å². The molecule has 1 heterocycles. The first-order valence-corrected chi connectivity index (χ1v) is 10.3. The maximum Gasteiger partial charge on any atom is 0.261 e. The summed E-state index contributed by atoms with van der Waals surface area (Å²) in [5.74, 6) is 0. The zero-order chi connectivity index (χ0) is 18.9. The first-order chi connectivity index (χ1) is 12.3. The molecule has 0 saturated heterocycles. The van der Waals surface area contributed by atoms with E-state index in [1.165, 1.54) is 8.99 Å². The largest absolute Gasteiger partial charge is 0.261 e. The third-order valence-corrected chi connectivity index (χ3v) is 7.12. The predicted molar refractivity (Wildman–Crippen MR) is 105 cm³/mol. The minimum Gasteiger partial charge on any atom is -0.256 e. The number of aryl methyl sites for hydroxylation is 2. The second-order valence-electron chi connectivity index (χ2n) is 6.11. The van der Waals surface area contributed by atoms with Crippen molar-refractivity contribution in [2.75, 3.05) is 7.05 Å². The van der Waals surface area contributed by atoms with Gasteiger partial charge in [-0.05, 0) is 24.1 Å². The van der Waals surface area contributed by atoms with Crippen molar-refractivity contribution in [3.8, 4) is 0 Å². The van der Waals surface area contributed by atoms with Crippen molar-refractivity contribution >= 4 is 26.0 Å². The Bertz CT molecular complexity index is 997. The SMILES string of the molecule is Cc1cnn(C)c1S(=O)(=O)N(C)C(c1ccccc1)c1ccccc1Br. The van der Waals surface area contributed by atoms with Gasteiger partial charge in [-0.25, -0.2) is 8.42 Å². The van der Waals surface area contributed by atoms with E-state index in [0.717, 1.165) is 15.6 Å². The number of hydrogen-bond donors (Lipinski definition) is 0. The molecule has 0 spiro atoms. The summed E-state index contributed by atoms with van der Waals surface area (Å²) < 4.78 is 30.4. The van der Waals surface area contributed by atoms with Crippen molar-refractivity contribution in [3.63, 3.8) is 0 Å². The van der Waals surface area contributed by atoms with Gasteiger partial charge < -0.3 is 0 Å². The van der Waals surface area contributed by atoms with E-state index in [-0.39, 0.29) is 5.03 Å². The Kier molecular flexibility index (Phi) is 5.32. The van der Waals surface area contributed by atoms with Gasteiger partial charge >= 0.3 is 0 Å². The van der Waals surface area contributed by atoms with Crippen LogP contribution in [0.1, 0.15) is 22.7 Å². The average molecular weight is 434 g/mol. The highest BCUT2D eigenvalue weighted by Crippen LogP contribution is 2.36. The van der Waals surface area contributed by atoms with Gasteiger partial charge in [0.2, 0.25) is 0 Å². The van der Waals surface area contributed by atoms with Crippen molar-refractivity contribution in [2.24, 2.45) is 7.05 Å². The summed E-state index contributed by atoms with van der Waals surface area (Å²) in [5.41, 5.74) is 2.40. The Morgan fingerprint density at radius 2 is 1.69 bits per heavy atom. The molecule has 2 aromatic carbocycles. The Morgan fingerprint density at radius 3 is 2.27 bits per heavy atom. The van der Waals surface area contributed by atoms with E-state index in [0.29, 0.717) is 5.56 Å². The predicted octanol–water partition coefficient (Wildman–Crippen LogP) is 3.90. The minimum atomic E-state index is -3.76. The number of aromatic nitrogens is 2. The monoisotopic (exact) mass is 433 g/mol. The van der Waals surface area contributed by atoms with Gasteiger partial charge in [0.1, 0.15) is 0 Å². The van der Waals surface area contributed by atoms with Crippen molar-refractivity contribution in [1.29, 1.82) is 0 Å². The number of rotatable bonds is 5. The van der Waals surface area contributed by atoms with Crippen molar-refractivity contribution < 1.29 is 8.42 Å². The van der Waals surface area contributed by atoms with Crippen LogP contribution in [0.15, 0.2) is 70.3 Å². The van der Waals surface area contributed by atoms with E-state index < -0.39 is 16.1 Å². The molecule has 0 bridgehead atoms. The summed E-state index contributed by atoms with van der Waals surface area (Å²) in [6, 6.07) is 16.8. The Labute approximate surface area is 162 Å². The summed E-state index contributed by atoms with van der Waals surface area (Å²) in [7, 11) is -0.504. The molecule has 3 rings (SSSR count). The zero-order valence-corrected chi connectivity index (χ0v) is 17.2. The van der Waals surface area contributed by atoms with E-state index >= 15 is 0 Å². The van der Waals surface area contributed by atoms with Gasteiger partial charge in [-0.2, -0.15) is 9.40 Å². The standard InChI is InChI=1S/C19H20BrN3O2S/c1-14-13-21-22(2)19(14)26(24,25)23(3)18(15-9-5-4-6-10-15)16-11-7-8-12-17(16)20/h4-13,18H,1-3H3. The molecule has 0 aliphatic carbocycles. The highest BCUT2D eigenvalue weighted by molar-refractivity contribution is 9.10. The van der Waals surface area contributed by atoms with Gasteiger partial charge in [-0.15, -0.1) is 0 Å². The second kappa shape index (κ2) is 7.34. The molecule has 3 aromatic rings. The van der Waals surface area contributed by atoms with Crippen LogP contribution in [0.5, 0.6) is 0 Å². The third-order valence-electron chi connectivity index (χ3n) is 4.36. The quantitative estimate of drug-likeness (QED) is 0.612. The van der Waals surface area contributed by atoms with Crippen LogP contribution in [-0.4, -0.2) is 29.6 Å². The maximum atomic E-state index is 13.4. The van der Waals surface area contributed by atoms with Gasteiger partial charge in [0.15, 0.2) is 5.03 Å². The molecule has 0 saturated carbocycles. The molecule has 5 nitrogen and oxygen atoms in total. The molecule has 0 aliphatic rings. The first-order valence-electron chi connectivity index (χ1n) is 8.10. The van der Waals surface area contributed by atoms with Crippen LogP contribution in [0, 0.1) is 6.92 Å². The van der Waals surface area contributed by atoms with Crippen LogP contribution >= 0.6 is 15.9 Å². The molecule has 1 unspecified atom stereocenters. The topological polar surface area (TPSA) is 55.2 Å². The average Bonchev–Trinajstić information content (AvgIpc) is 2.97. The van der Waals surface area contributed by atoms with Crippen molar-refractivity contribution in [2.45, 2.75) is 18.0 Å². The van der Waals surface area contributed by atoms with Gasteiger partial charge in [-0.3, -0.25) is 4.68 Å². The second-order valence-corrected chi connectivity index (χ2v) is 8.88. The Hall–Kier alpha value is -1.96. The van der Waals surface area contributed by atoms with Gasteiger partial charge in [0.25, 0.3) is 10.0 Å². The van der Waals surface area contributed by atoms with E-state index in [4.69, 9.17) is 0 Å². The molecule has 136 valence electrons. The number of halogens is 1. The molecule has 1 aromatic heterocycles. The Balaban J connectivity index is 2.18. The van der Waals surface area contributed by atoms with Crippen molar-refractivity contribution in [1.82, 2.24) is 14.1 Å². The number of hydrogen-bond acceptors (Lipinski definition) is 3. The lowest BCUT2D eigenvalue weighted by molar-refractivity contribution is 0.410. The summed E-state index contributed by atoms with van der Waals surface area (Å²) in [5, 5.41) is 4.29. The van der Waals surface area contributed by atoms with Crippen LogP contribution < -0.4 is 0 Å². The van der Waals surface area contributed by atoms with Crippen LogP contribution in [0.2, 0.25) is 0 Å². The smallest absolute Gasteiger partial charge is 0.256 e. The zero-order valence-electron chi connectivity index (χ0n) is 14.8. The lowest BCUT2D eigenvalue weighted by Crippen LogP contribution is -2.33. The molecular weight excluding hydrogens is 414 g/mol. The molecule has 0 radical (unpaired) electrons. The third kappa shape index (κ3) is 3.34. The van der Waals surface area contributed by atoms with Crippen LogP contribution in [0.25, 0.3) is 0 Å². The summed E-state index contributed by atoms with van der Waals surface area (Å²) >= 11 is 3.57. The summed E-state index contributed by atoms with van der Waals surface area (Å²) in [6.45, 7) is 1.75. The van der Waals surface area contributed by atoms with Crippen LogP contribution in [-0.2, 0) is 17.1 Å². The number of nitrogens with zero attached hydrogens (tertiary/aromatic N) is 3. The highest BCUT2D eigenvalue weighted by atomic mass is 79.9. The van der Waals surface area contributed by atoms with Crippen LogP contribution in [0.4, 0.5) is 0 Å². The summed E-state index contributed by atoms with van der Waals surface area (Å²) in [6.07, 6.45) is 1.57. The van der Waals surface area contributed by atoms with E-state index in [9.17, 15) is 8.42 Å². The maximum absolute atomic E-state index is 13.4. The fraction of sp³-hybridized carbons (Fsp3) is 0.211. The number of sulfonamides is 1. The molecule has 0 aliphatic heterocycles. The van der Waals surface area contributed by atoms with Gasteiger partial charge in [0, 0.05) is 24.1 Å². The highest BCUT2D eigenvalue weighted by Gasteiger charge is 2.34. The van der Waals surface area contributed by atoms with Crippen molar-refractivity contribution in [3.05, 3.63) is 82.0 Å². The lowest BCUT2D eigenvalue weighted by Gasteiger charge is -2.29. The van der Waals surface area contributed by atoms with E-state index in [1.807, 2.05) is 54.6 Å². The fourth-order valence-corrected chi connectivity index (χ4v) is 5.23. The van der Waals surface area contributed by atoms with E-state index in [1.54, 1.807) is 27.2 Å². The molecule has 26 heavy (non-hydrogen) atoms. The summed E-state index contributed by atoms with van der Waals surface area (Å²) in [4.78, 5) is 0. The fourth-order valence-electron chi connectivity index (χ4n) is 3.10. The molecule has 1 atom stereocenters. The molecule has 0 N–H and O–H groups in total.